The molecular weight excluding hydrogens is 325 g/mol. The Morgan fingerprint density at radius 3 is 2.59 bits per heavy atom. The summed E-state index contributed by atoms with van der Waals surface area (Å²) in [5.74, 6) is 0.0404. The van der Waals surface area contributed by atoms with E-state index in [1.165, 1.54) is 0 Å². The van der Waals surface area contributed by atoms with Crippen molar-refractivity contribution in [3.8, 4) is 0 Å². The maximum Gasteiger partial charge on any atom is 0.319 e. The minimum Gasteiger partial charge on any atom is -0.336 e. The molecule has 1 atom stereocenters. The molecule has 120 valence electrons. The zero-order valence-electron chi connectivity index (χ0n) is 12.7. The minimum atomic E-state index is -0.405. The highest BCUT2D eigenvalue weighted by atomic mass is 35.5. The SMILES string of the molecule is CC(C)(C)N1CC(NC(=O)Nc2cc(Cl)ccc2Cl)CC1=O. The molecule has 22 heavy (non-hydrogen) atoms. The van der Waals surface area contributed by atoms with Crippen LogP contribution in [0.15, 0.2) is 18.2 Å². The summed E-state index contributed by atoms with van der Waals surface area (Å²) in [4.78, 5) is 25.8. The van der Waals surface area contributed by atoms with E-state index < -0.39 is 6.03 Å². The molecule has 0 aliphatic carbocycles. The standard InChI is InChI=1S/C15H19Cl2N3O2/c1-15(2,3)20-8-10(7-13(20)21)18-14(22)19-12-6-9(16)4-5-11(12)17/h4-6,10H,7-8H2,1-3H3,(H2,18,19,22). The molecule has 1 aliphatic rings. The van der Waals surface area contributed by atoms with Gasteiger partial charge in [0, 0.05) is 23.5 Å². The third-order valence-corrected chi connectivity index (χ3v) is 4.01. The number of anilines is 1. The molecule has 2 N–H and O–H groups in total. The van der Waals surface area contributed by atoms with Gasteiger partial charge in [-0.15, -0.1) is 0 Å². The van der Waals surface area contributed by atoms with Gasteiger partial charge in [0.2, 0.25) is 5.91 Å². The van der Waals surface area contributed by atoms with E-state index in [9.17, 15) is 9.59 Å². The van der Waals surface area contributed by atoms with Crippen LogP contribution in [0.2, 0.25) is 10.0 Å². The van der Waals surface area contributed by atoms with Gasteiger partial charge >= 0.3 is 6.03 Å². The number of rotatable bonds is 2. The van der Waals surface area contributed by atoms with E-state index in [-0.39, 0.29) is 17.5 Å². The fraction of sp³-hybridized carbons (Fsp3) is 0.467. The normalized spacial score (nSPS) is 18.5. The van der Waals surface area contributed by atoms with Crippen LogP contribution in [0.3, 0.4) is 0 Å². The molecule has 3 amide bonds. The molecular formula is C15H19Cl2N3O2. The first-order valence-corrected chi connectivity index (χ1v) is 7.75. The molecule has 0 radical (unpaired) electrons. The van der Waals surface area contributed by atoms with Crippen LogP contribution in [-0.4, -0.2) is 35.0 Å². The van der Waals surface area contributed by atoms with E-state index in [0.29, 0.717) is 28.7 Å². The number of nitrogens with one attached hydrogen (secondary N) is 2. The summed E-state index contributed by atoms with van der Waals surface area (Å²) in [5.41, 5.74) is 0.184. The molecule has 0 spiro atoms. The molecule has 1 aliphatic heterocycles. The largest absolute Gasteiger partial charge is 0.336 e. The van der Waals surface area contributed by atoms with Crippen LogP contribution in [0.4, 0.5) is 10.5 Å². The maximum absolute atomic E-state index is 12.0. The molecule has 1 unspecified atom stereocenters. The molecule has 1 fully saturated rings. The molecule has 0 saturated carbocycles. The van der Waals surface area contributed by atoms with E-state index in [2.05, 4.69) is 10.6 Å². The lowest BCUT2D eigenvalue weighted by Crippen LogP contribution is -2.45. The number of carbonyl (C=O) groups is 2. The fourth-order valence-corrected chi connectivity index (χ4v) is 2.73. The third-order valence-electron chi connectivity index (χ3n) is 3.45. The molecule has 1 saturated heterocycles. The Morgan fingerprint density at radius 2 is 2.00 bits per heavy atom. The Bertz CT molecular complexity index is 599. The predicted molar refractivity (Wildman–Crippen MR) is 88.5 cm³/mol. The number of halogens is 2. The van der Waals surface area contributed by atoms with E-state index in [4.69, 9.17) is 23.2 Å². The Hall–Kier alpha value is -1.46. The summed E-state index contributed by atoms with van der Waals surface area (Å²) in [7, 11) is 0. The van der Waals surface area contributed by atoms with Crippen LogP contribution in [0.1, 0.15) is 27.2 Å². The van der Waals surface area contributed by atoms with Crippen LogP contribution >= 0.6 is 23.2 Å². The smallest absolute Gasteiger partial charge is 0.319 e. The van der Waals surface area contributed by atoms with Crippen molar-refractivity contribution < 1.29 is 9.59 Å². The first-order chi connectivity index (χ1) is 10.2. The zero-order valence-corrected chi connectivity index (χ0v) is 14.3. The van der Waals surface area contributed by atoms with Crippen LogP contribution in [-0.2, 0) is 4.79 Å². The number of urea groups is 1. The van der Waals surface area contributed by atoms with Crippen LogP contribution < -0.4 is 10.6 Å². The van der Waals surface area contributed by atoms with Gasteiger partial charge in [-0.1, -0.05) is 23.2 Å². The van der Waals surface area contributed by atoms with Crippen molar-refractivity contribution in [1.29, 1.82) is 0 Å². The van der Waals surface area contributed by atoms with Gasteiger partial charge in [0.15, 0.2) is 0 Å². The Morgan fingerprint density at radius 1 is 1.32 bits per heavy atom. The van der Waals surface area contributed by atoms with Crippen molar-refractivity contribution >= 4 is 40.8 Å². The highest BCUT2D eigenvalue weighted by Crippen LogP contribution is 2.26. The lowest BCUT2D eigenvalue weighted by molar-refractivity contribution is -0.131. The first kappa shape index (κ1) is 16.9. The van der Waals surface area contributed by atoms with Crippen molar-refractivity contribution in [1.82, 2.24) is 10.2 Å². The molecule has 2 rings (SSSR count). The van der Waals surface area contributed by atoms with Gasteiger partial charge in [-0.3, -0.25) is 4.79 Å². The topological polar surface area (TPSA) is 61.4 Å². The second-order valence-electron chi connectivity index (χ2n) is 6.30. The summed E-state index contributed by atoms with van der Waals surface area (Å²) in [6.45, 7) is 6.41. The number of amides is 3. The van der Waals surface area contributed by atoms with E-state index in [1.807, 2.05) is 20.8 Å². The predicted octanol–water partition coefficient (Wildman–Crippen LogP) is 3.51. The summed E-state index contributed by atoms with van der Waals surface area (Å²) in [6.07, 6.45) is 0.300. The number of likely N-dealkylation sites (tertiary alicyclic amines) is 1. The van der Waals surface area contributed by atoms with Gasteiger partial charge in [-0.2, -0.15) is 0 Å². The second-order valence-corrected chi connectivity index (χ2v) is 7.14. The van der Waals surface area contributed by atoms with Crippen LogP contribution in [0.5, 0.6) is 0 Å². The van der Waals surface area contributed by atoms with Crippen LogP contribution in [0.25, 0.3) is 0 Å². The Kier molecular flexibility index (Phi) is 4.87. The zero-order chi connectivity index (χ0) is 16.5. The quantitative estimate of drug-likeness (QED) is 0.862. The average molecular weight is 344 g/mol. The number of benzene rings is 1. The first-order valence-electron chi connectivity index (χ1n) is 7.00. The molecule has 7 heteroatoms. The lowest BCUT2D eigenvalue weighted by atomic mass is 10.1. The van der Waals surface area contributed by atoms with E-state index in [1.54, 1.807) is 23.1 Å². The minimum absolute atomic E-state index is 0.0404. The number of hydrogen-bond donors (Lipinski definition) is 2. The third kappa shape index (κ3) is 4.05. The number of hydrogen-bond acceptors (Lipinski definition) is 2. The summed E-state index contributed by atoms with van der Waals surface area (Å²) >= 11 is 11.9. The van der Waals surface area contributed by atoms with Crippen molar-refractivity contribution in [3.05, 3.63) is 28.2 Å². The molecule has 0 bridgehead atoms. The molecule has 0 aromatic heterocycles. The monoisotopic (exact) mass is 343 g/mol. The highest BCUT2D eigenvalue weighted by Gasteiger charge is 2.36. The Labute approximate surface area is 139 Å². The van der Waals surface area contributed by atoms with E-state index in [0.717, 1.165) is 0 Å². The van der Waals surface area contributed by atoms with Crippen LogP contribution in [0, 0.1) is 0 Å². The maximum atomic E-state index is 12.0. The van der Waals surface area contributed by atoms with Gasteiger partial charge in [0.05, 0.1) is 16.8 Å². The van der Waals surface area contributed by atoms with Crippen molar-refractivity contribution in [3.63, 3.8) is 0 Å². The average Bonchev–Trinajstić information content (AvgIpc) is 2.74. The van der Waals surface area contributed by atoms with Crippen molar-refractivity contribution in [2.45, 2.75) is 38.8 Å². The second kappa shape index (κ2) is 6.34. The van der Waals surface area contributed by atoms with E-state index >= 15 is 0 Å². The van der Waals surface area contributed by atoms with Gasteiger partial charge < -0.3 is 15.5 Å². The fourth-order valence-electron chi connectivity index (χ4n) is 2.39. The molecule has 1 heterocycles. The molecule has 5 nitrogen and oxygen atoms in total. The van der Waals surface area contributed by atoms with Gasteiger partial charge in [-0.25, -0.2) is 4.79 Å². The summed E-state index contributed by atoms with van der Waals surface area (Å²) in [5, 5.41) is 6.32. The Balaban J connectivity index is 1.96. The lowest BCUT2D eigenvalue weighted by Gasteiger charge is -2.32. The molecule has 1 aromatic rings. The number of nitrogens with zero attached hydrogens (tertiary/aromatic N) is 1. The van der Waals surface area contributed by atoms with Gasteiger partial charge in [0.25, 0.3) is 0 Å². The van der Waals surface area contributed by atoms with Gasteiger partial charge in [0.1, 0.15) is 0 Å². The summed E-state index contributed by atoms with van der Waals surface area (Å²) in [6, 6.07) is 4.21. The van der Waals surface area contributed by atoms with Crippen molar-refractivity contribution in [2.75, 3.05) is 11.9 Å². The van der Waals surface area contributed by atoms with Gasteiger partial charge in [-0.05, 0) is 39.0 Å². The molecule has 1 aromatic carbocycles. The highest BCUT2D eigenvalue weighted by molar-refractivity contribution is 6.35. The van der Waals surface area contributed by atoms with Crippen molar-refractivity contribution in [2.24, 2.45) is 0 Å². The number of carbonyl (C=O) groups excluding carboxylic acids is 2. The summed E-state index contributed by atoms with van der Waals surface area (Å²) < 4.78 is 0.